The highest BCUT2D eigenvalue weighted by Crippen LogP contribution is 2.27. The molecule has 13 heavy (non-hydrogen) atoms. The van der Waals surface area contributed by atoms with Crippen LogP contribution in [0.3, 0.4) is 0 Å². The van der Waals surface area contributed by atoms with Gasteiger partial charge in [0.25, 0.3) is 0 Å². The van der Waals surface area contributed by atoms with Crippen LogP contribution >= 0.6 is 0 Å². The predicted octanol–water partition coefficient (Wildman–Crippen LogP) is 1.22. The van der Waals surface area contributed by atoms with Crippen molar-refractivity contribution in [2.24, 2.45) is 27.6 Å². The van der Waals surface area contributed by atoms with Gasteiger partial charge in [-0.15, -0.1) is 5.10 Å². The average molecular weight is 182 g/mol. The summed E-state index contributed by atoms with van der Waals surface area (Å²) in [6.45, 7) is 1.98. The van der Waals surface area contributed by atoms with Gasteiger partial charge in [0, 0.05) is 5.71 Å². The summed E-state index contributed by atoms with van der Waals surface area (Å²) >= 11 is 0. The Morgan fingerprint density at radius 1 is 1.23 bits per heavy atom. The molecule has 0 bridgehead atoms. The topological polar surface area (TPSA) is 76.8 Å². The average Bonchev–Trinajstić information content (AvgIpc) is 2.53. The van der Waals surface area contributed by atoms with Gasteiger partial charge in [-0.1, -0.05) is 25.7 Å². The maximum absolute atomic E-state index is 5.17. The fourth-order valence-corrected chi connectivity index (χ4v) is 1.82. The molecule has 0 atom stereocenters. The summed E-state index contributed by atoms with van der Waals surface area (Å²) in [6, 6.07) is 0. The molecule has 0 aromatic rings. The summed E-state index contributed by atoms with van der Waals surface area (Å²) < 4.78 is 0. The molecular weight excluding hydrogens is 164 g/mol. The first-order valence-electron chi connectivity index (χ1n) is 4.80. The Morgan fingerprint density at radius 2 is 1.85 bits per heavy atom. The number of rotatable bonds is 3. The minimum absolute atomic E-state index is 0.0331. The predicted molar refractivity (Wildman–Crippen MR) is 55.5 cm³/mol. The van der Waals surface area contributed by atoms with E-state index in [4.69, 9.17) is 11.5 Å². The second-order valence-corrected chi connectivity index (χ2v) is 3.71. The first-order valence-corrected chi connectivity index (χ1v) is 4.80. The van der Waals surface area contributed by atoms with E-state index >= 15 is 0 Å². The quantitative estimate of drug-likeness (QED) is 0.391. The van der Waals surface area contributed by atoms with E-state index in [2.05, 4.69) is 10.2 Å². The zero-order valence-electron chi connectivity index (χ0n) is 8.16. The fourth-order valence-electron chi connectivity index (χ4n) is 1.82. The van der Waals surface area contributed by atoms with Gasteiger partial charge in [-0.3, -0.25) is 0 Å². The molecule has 4 nitrogen and oxygen atoms in total. The third-order valence-corrected chi connectivity index (χ3v) is 2.40. The van der Waals surface area contributed by atoms with E-state index in [1.54, 1.807) is 0 Å². The van der Waals surface area contributed by atoms with E-state index in [9.17, 15) is 0 Å². The van der Waals surface area contributed by atoms with Crippen LogP contribution < -0.4 is 11.5 Å². The molecule has 4 N–H and O–H groups in total. The number of nitrogens with two attached hydrogens (primary N) is 2. The molecule has 1 aliphatic carbocycles. The van der Waals surface area contributed by atoms with E-state index < -0.39 is 0 Å². The molecule has 0 aliphatic heterocycles. The molecule has 0 spiro atoms. The standard InChI is InChI=1S/C9H18N4/c1-7(12-13-9(10)11)6-8-4-2-3-5-8/h8H,2-6H2,1H3,(H4,10,11,13)/b12-7+. The lowest BCUT2D eigenvalue weighted by atomic mass is 10.0. The van der Waals surface area contributed by atoms with Crippen LogP contribution in [0.15, 0.2) is 10.2 Å². The minimum Gasteiger partial charge on any atom is -0.369 e. The highest BCUT2D eigenvalue weighted by molar-refractivity contribution is 5.83. The van der Waals surface area contributed by atoms with Crippen LogP contribution in [-0.2, 0) is 0 Å². The van der Waals surface area contributed by atoms with E-state index in [0.717, 1.165) is 18.1 Å². The SMILES string of the molecule is C/C(CC1CCCC1)=N\N=C(N)N. The summed E-state index contributed by atoms with van der Waals surface area (Å²) in [7, 11) is 0. The second-order valence-electron chi connectivity index (χ2n) is 3.71. The molecule has 1 rings (SSSR count). The van der Waals surface area contributed by atoms with Gasteiger partial charge in [0.1, 0.15) is 0 Å². The number of nitrogens with zero attached hydrogens (tertiary/aromatic N) is 2. The normalized spacial score (nSPS) is 19.0. The van der Waals surface area contributed by atoms with Gasteiger partial charge in [-0.05, 0) is 19.3 Å². The van der Waals surface area contributed by atoms with Crippen molar-refractivity contribution < 1.29 is 0 Å². The van der Waals surface area contributed by atoms with Gasteiger partial charge >= 0.3 is 0 Å². The minimum atomic E-state index is 0.0331. The molecule has 0 aromatic heterocycles. The van der Waals surface area contributed by atoms with Crippen LogP contribution in [0.2, 0.25) is 0 Å². The maximum Gasteiger partial charge on any atom is 0.211 e. The van der Waals surface area contributed by atoms with Crippen molar-refractivity contribution >= 4 is 11.7 Å². The molecule has 0 amide bonds. The van der Waals surface area contributed by atoms with Crippen molar-refractivity contribution in [2.75, 3.05) is 0 Å². The zero-order chi connectivity index (χ0) is 9.68. The number of hydrogen-bond donors (Lipinski definition) is 2. The molecule has 1 fully saturated rings. The van der Waals surface area contributed by atoms with Crippen molar-refractivity contribution in [1.82, 2.24) is 0 Å². The highest BCUT2D eigenvalue weighted by atomic mass is 15.3. The molecule has 0 heterocycles. The molecule has 0 saturated heterocycles. The first-order chi connectivity index (χ1) is 6.18. The summed E-state index contributed by atoms with van der Waals surface area (Å²) in [4.78, 5) is 0. The maximum atomic E-state index is 5.17. The van der Waals surface area contributed by atoms with Crippen LogP contribution in [0.25, 0.3) is 0 Å². The molecular formula is C9H18N4. The Balaban J connectivity index is 2.34. The van der Waals surface area contributed by atoms with E-state index in [1.165, 1.54) is 25.7 Å². The van der Waals surface area contributed by atoms with Crippen molar-refractivity contribution in [3.05, 3.63) is 0 Å². The van der Waals surface area contributed by atoms with Crippen molar-refractivity contribution in [1.29, 1.82) is 0 Å². The number of guanidine groups is 1. The smallest absolute Gasteiger partial charge is 0.211 e. The lowest BCUT2D eigenvalue weighted by Gasteiger charge is -2.06. The van der Waals surface area contributed by atoms with Gasteiger partial charge in [0.2, 0.25) is 5.96 Å². The lowest BCUT2D eigenvalue weighted by Crippen LogP contribution is -2.22. The van der Waals surface area contributed by atoms with Gasteiger partial charge in [0.05, 0.1) is 0 Å². The van der Waals surface area contributed by atoms with Crippen LogP contribution in [-0.4, -0.2) is 11.7 Å². The summed E-state index contributed by atoms with van der Waals surface area (Å²) in [6.07, 6.45) is 6.42. The van der Waals surface area contributed by atoms with Gasteiger partial charge in [-0.2, -0.15) is 5.10 Å². The first kappa shape index (κ1) is 10.0. The summed E-state index contributed by atoms with van der Waals surface area (Å²) in [5.74, 6) is 0.837. The zero-order valence-corrected chi connectivity index (χ0v) is 8.16. The van der Waals surface area contributed by atoms with Gasteiger partial charge in [0.15, 0.2) is 0 Å². The molecule has 4 heteroatoms. The fraction of sp³-hybridized carbons (Fsp3) is 0.778. The Kier molecular flexibility index (Phi) is 3.73. The Bertz CT molecular complexity index is 210. The van der Waals surface area contributed by atoms with E-state index in [-0.39, 0.29) is 5.96 Å². The Hall–Kier alpha value is -1.06. The van der Waals surface area contributed by atoms with Crippen molar-refractivity contribution in [3.8, 4) is 0 Å². The Morgan fingerprint density at radius 3 is 2.38 bits per heavy atom. The van der Waals surface area contributed by atoms with Crippen LogP contribution in [0.1, 0.15) is 39.0 Å². The Labute approximate surface area is 79.1 Å². The molecule has 0 aromatic carbocycles. The molecule has 74 valence electrons. The van der Waals surface area contributed by atoms with Gasteiger partial charge in [-0.25, -0.2) is 0 Å². The third kappa shape index (κ3) is 3.92. The molecule has 0 radical (unpaired) electrons. The van der Waals surface area contributed by atoms with Crippen molar-refractivity contribution in [3.63, 3.8) is 0 Å². The van der Waals surface area contributed by atoms with E-state index in [1.807, 2.05) is 6.92 Å². The summed E-state index contributed by atoms with van der Waals surface area (Å²) in [5, 5.41) is 7.57. The molecule has 1 aliphatic rings. The number of hydrogen-bond acceptors (Lipinski definition) is 2. The second kappa shape index (κ2) is 4.84. The van der Waals surface area contributed by atoms with Crippen molar-refractivity contribution in [2.45, 2.75) is 39.0 Å². The third-order valence-electron chi connectivity index (χ3n) is 2.40. The molecule has 0 unspecified atom stereocenters. The van der Waals surface area contributed by atoms with E-state index in [0.29, 0.717) is 0 Å². The van der Waals surface area contributed by atoms with Crippen LogP contribution in [0.5, 0.6) is 0 Å². The summed E-state index contributed by atoms with van der Waals surface area (Å²) in [5.41, 5.74) is 11.4. The van der Waals surface area contributed by atoms with Crippen LogP contribution in [0.4, 0.5) is 0 Å². The monoisotopic (exact) mass is 182 g/mol. The van der Waals surface area contributed by atoms with Crippen LogP contribution in [0, 0.1) is 5.92 Å². The lowest BCUT2D eigenvalue weighted by molar-refractivity contribution is 0.571. The highest BCUT2D eigenvalue weighted by Gasteiger charge is 2.15. The van der Waals surface area contributed by atoms with Gasteiger partial charge < -0.3 is 11.5 Å². The molecule has 1 saturated carbocycles. The largest absolute Gasteiger partial charge is 0.369 e.